The summed E-state index contributed by atoms with van der Waals surface area (Å²) in [7, 11) is 0. The van der Waals surface area contributed by atoms with E-state index in [0.717, 1.165) is 18.2 Å². The van der Waals surface area contributed by atoms with Gasteiger partial charge in [-0.1, -0.05) is 17.7 Å². The van der Waals surface area contributed by atoms with Crippen molar-refractivity contribution < 1.29 is 4.39 Å². The van der Waals surface area contributed by atoms with E-state index in [0.29, 0.717) is 4.47 Å². The molecule has 0 heterocycles. The molecule has 1 N–H and O–H groups in total. The van der Waals surface area contributed by atoms with E-state index in [1.165, 1.54) is 24.5 Å². The maximum Gasteiger partial charge on any atom is 0.137 e. The minimum absolute atomic E-state index is 0.217. The summed E-state index contributed by atoms with van der Waals surface area (Å²) in [6, 6.07) is 5.80. The van der Waals surface area contributed by atoms with E-state index >= 15 is 0 Å². The van der Waals surface area contributed by atoms with E-state index < -0.39 is 0 Å². The number of rotatable bonds is 4. The second-order valence-corrected chi connectivity index (χ2v) is 5.17. The smallest absolute Gasteiger partial charge is 0.137 e. The highest BCUT2D eigenvalue weighted by Crippen LogP contribution is 2.20. The molecule has 16 heavy (non-hydrogen) atoms. The Hall–Kier alpha value is -0.670. The molecule has 1 aromatic carbocycles. The van der Waals surface area contributed by atoms with Gasteiger partial charge in [0.05, 0.1) is 4.47 Å². The molecule has 0 aromatic heterocycles. The summed E-state index contributed by atoms with van der Waals surface area (Å²) >= 11 is 3.19. The summed E-state index contributed by atoms with van der Waals surface area (Å²) in [4.78, 5) is 0. The van der Waals surface area contributed by atoms with Crippen molar-refractivity contribution in [1.82, 2.24) is 5.32 Å². The minimum atomic E-state index is -0.217. The first kappa shape index (κ1) is 11.8. The first-order chi connectivity index (χ1) is 7.65. The first-order valence-electron chi connectivity index (χ1n) is 5.51. The summed E-state index contributed by atoms with van der Waals surface area (Å²) in [6.07, 6.45) is 4.68. The van der Waals surface area contributed by atoms with Gasteiger partial charge in [0.1, 0.15) is 5.82 Å². The van der Waals surface area contributed by atoms with Crippen LogP contribution in [0.25, 0.3) is 6.08 Å². The molecule has 1 fully saturated rings. The van der Waals surface area contributed by atoms with Gasteiger partial charge >= 0.3 is 0 Å². The highest BCUT2D eigenvalue weighted by atomic mass is 79.9. The van der Waals surface area contributed by atoms with Crippen LogP contribution in [0.4, 0.5) is 4.39 Å². The molecule has 1 aromatic rings. The first-order valence-corrected chi connectivity index (χ1v) is 6.30. The Bertz CT molecular complexity index is 410. The van der Waals surface area contributed by atoms with Crippen molar-refractivity contribution in [3.63, 3.8) is 0 Å². The number of hydrogen-bond donors (Lipinski definition) is 1. The van der Waals surface area contributed by atoms with E-state index in [4.69, 9.17) is 0 Å². The fourth-order valence-corrected chi connectivity index (χ4v) is 1.93. The van der Waals surface area contributed by atoms with Crippen LogP contribution in [0.3, 0.4) is 0 Å². The topological polar surface area (TPSA) is 12.0 Å². The lowest BCUT2D eigenvalue weighted by Gasteiger charge is -2.03. The molecule has 0 radical (unpaired) electrons. The Kier molecular flexibility index (Phi) is 3.77. The molecule has 3 heteroatoms. The summed E-state index contributed by atoms with van der Waals surface area (Å²) in [5.74, 6) is -0.217. The number of halogens is 2. The van der Waals surface area contributed by atoms with Crippen LogP contribution in [-0.2, 0) is 0 Å². The minimum Gasteiger partial charge on any atom is -0.310 e. The predicted molar refractivity (Wildman–Crippen MR) is 68.8 cm³/mol. The maximum atomic E-state index is 13.0. The van der Waals surface area contributed by atoms with E-state index in [-0.39, 0.29) is 5.82 Å². The van der Waals surface area contributed by atoms with Crippen molar-refractivity contribution in [2.75, 3.05) is 6.54 Å². The van der Waals surface area contributed by atoms with Crippen LogP contribution in [0.1, 0.15) is 25.3 Å². The van der Waals surface area contributed by atoms with Crippen LogP contribution in [0, 0.1) is 5.82 Å². The number of benzene rings is 1. The molecule has 0 amide bonds. The summed E-state index contributed by atoms with van der Waals surface area (Å²) in [5.41, 5.74) is 2.30. The van der Waals surface area contributed by atoms with E-state index in [1.54, 1.807) is 12.1 Å². The van der Waals surface area contributed by atoms with Crippen molar-refractivity contribution >= 4 is 22.0 Å². The van der Waals surface area contributed by atoms with Crippen LogP contribution in [0.15, 0.2) is 28.2 Å². The lowest BCUT2D eigenvalue weighted by atomic mass is 10.1. The molecule has 1 aliphatic carbocycles. The molecule has 0 unspecified atom stereocenters. The van der Waals surface area contributed by atoms with Gasteiger partial charge in [0, 0.05) is 12.6 Å². The van der Waals surface area contributed by atoms with Gasteiger partial charge in [-0.25, -0.2) is 4.39 Å². The zero-order chi connectivity index (χ0) is 11.5. The number of hydrogen-bond acceptors (Lipinski definition) is 1. The fourth-order valence-electron chi connectivity index (χ4n) is 1.53. The highest BCUT2D eigenvalue weighted by molar-refractivity contribution is 9.10. The quantitative estimate of drug-likeness (QED) is 0.888. The maximum absolute atomic E-state index is 13.0. The van der Waals surface area contributed by atoms with Gasteiger partial charge in [-0.2, -0.15) is 0 Å². The predicted octanol–water partition coefficient (Wildman–Crippen LogP) is 3.74. The molecule has 1 aliphatic rings. The molecule has 86 valence electrons. The second-order valence-electron chi connectivity index (χ2n) is 4.32. The third-order valence-electron chi connectivity index (χ3n) is 2.60. The third kappa shape index (κ3) is 3.42. The Morgan fingerprint density at radius 1 is 1.56 bits per heavy atom. The summed E-state index contributed by atoms with van der Waals surface area (Å²) in [6.45, 7) is 3.01. The van der Waals surface area contributed by atoms with Crippen LogP contribution in [0.2, 0.25) is 0 Å². The van der Waals surface area contributed by atoms with Crippen LogP contribution in [-0.4, -0.2) is 12.6 Å². The average Bonchev–Trinajstić information content (AvgIpc) is 3.04. The Morgan fingerprint density at radius 2 is 2.31 bits per heavy atom. The molecule has 0 aliphatic heterocycles. The van der Waals surface area contributed by atoms with E-state index in [9.17, 15) is 4.39 Å². The molecule has 0 spiro atoms. The Labute approximate surface area is 104 Å². The SMILES string of the molecule is CC(=Cc1ccc(F)c(Br)c1)CNC1CC1. The molecular weight excluding hydrogens is 269 g/mol. The lowest BCUT2D eigenvalue weighted by Crippen LogP contribution is -2.18. The Balaban J connectivity index is 1.99. The van der Waals surface area contributed by atoms with Crippen LogP contribution >= 0.6 is 15.9 Å². The van der Waals surface area contributed by atoms with Gasteiger partial charge in [-0.15, -0.1) is 0 Å². The normalized spacial score (nSPS) is 16.6. The third-order valence-corrected chi connectivity index (χ3v) is 3.21. The fraction of sp³-hybridized carbons (Fsp3) is 0.385. The van der Waals surface area contributed by atoms with Gasteiger partial charge in [0.15, 0.2) is 0 Å². The van der Waals surface area contributed by atoms with Gasteiger partial charge in [0.2, 0.25) is 0 Å². The van der Waals surface area contributed by atoms with Crippen LogP contribution in [0.5, 0.6) is 0 Å². The molecular formula is C13H15BrFN. The molecule has 1 nitrogen and oxygen atoms in total. The van der Waals surface area contributed by atoms with Crippen molar-refractivity contribution in [3.8, 4) is 0 Å². The van der Waals surface area contributed by atoms with Crippen molar-refractivity contribution in [2.45, 2.75) is 25.8 Å². The van der Waals surface area contributed by atoms with Gasteiger partial charge in [0.25, 0.3) is 0 Å². The standard InChI is InChI=1S/C13H15BrFN/c1-9(8-16-11-3-4-11)6-10-2-5-13(15)12(14)7-10/h2,5-7,11,16H,3-4,8H2,1H3. The molecule has 0 bridgehead atoms. The molecule has 0 saturated heterocycles. The van der Waals surface area contributed by atoms with E-state index in [1.807, 2.05) is 0 Å². The zero-order valence-electron chi connectivity index (χ0n) is 9.26. The number of nitrogens with one attached hydrogen (secondary N) is 1. The monoisotopic (exact) mass is 283 g/mol. The van der Waals surface area contributed by atoms with Crippen molar-refractivity contribution in [1.29, 1.82) is 0 Å². The molecule has 0 atom stereocenters. The summed E-state index contributed by atoms with van der Waals surface area (Å²) < 4.78 is 13.5. The van der Waals surface area contributed by atoms with Crippen molar-refractivity contribution in [3.05, 3.63) is 39.6 Å². The molecule has 1 saturated carbocycles. The molecule has 2 rings (SSSR count). The summed E-state index contributed by atoms with van der Waals surface area (Å²) in [5, 5.41) is 3.45. The van der Waals surface area contributed by atoms with E-state index in [2.05, 4.69) is 34.2 Å². The van der Waals surface area contributed by atoms with Gasteiger partial charge in [-0.05, 0) is 53.4 Å². The zero-order valence-corrected chi connectivity index (χ0v) is 10.8. The van der Waals surface area contributed by atoms with Gasteiger partial charge < -0.3 is 5.32 Å². The highest BCUT2D eigenvalue weighted by Gasteiger charge is 2.19. The Morgan fingerprint density at radius 3 is 2.94 bits per heavy atom. The largest absolute Gasteiger partial charge is 0.310 e. The van der Waals surface area contributed by atoms with Gasteiger partial charge in [-0.3, -0.25) is 0 Å². The van der Waals surface area contributed by atoms with Crippen LogP contribution < -0.4 is 5.32 Å². The second kappa shape index (κ2) is 5.11. The average molecular weight is 284 g/mol. The lowest BCUT2D eigenvalue weighted by molar-refractivity contribution is 0.621. The van der Waals surface area contributed by atoms with Crippen molar-refractivity contribution in [2.24, 2.45) is 0 Å².